The summed E-state index contributed by atoms with van der Waals surface area (Å²) in [7, 11) is 0. The molecule has 55 heavy (non-hydrogen) atoms. The molecule has 0 saturated carbocycles. The minimum Gasteiger partial charge on any atom is -0.456 e. The van der Waals surface area contributed by atoms with E-state index in [2.05, 4.69) is 228 Å². The highest BCUT2D eigenvalue weighted by molar-refractivity contribution is 6.07. The first kappa shape index (κ1) is 32.3. The molecule has 1 aliphatic rings. The number of benzene rings is 9. The van der Waals surface area contributed by atoms with Gasteiger partial charge in [0.1, 0.15) is 11.5 Å². The predicted octanol–water partition coefficient (Wildman–Crippen LogP) is 14.9. The fraction of sp³-hybridized carbons (Fsp3) is 0. The standard InChI is InChI=1S/C52H36N2O/c1-5-14-37(15-6-1)39-24-28-44(29-25-39)53(45-30-26-40(27-31-45)38-16-7-2-8-17-38)46-32-33-50-49(35-46)48-23-13-18-41-34-47(36-51(55-50)52(41)48)54(42-19-9-3-10-20-42)43-21-11-4-12-22-43/h1-36H. The van der Waals surface area contributed by atoms with E-state index in [-0.39, 0.29) is 0 Å². The summed E-state index contributed by atoms with van der Waals surface area (Å²) in [6.07, 6.45) is 0. The van der Waals surface area contributed by atoms with E-state index in [1.165, 1.54) is 22.3 Å². The molecule has 0 bridgehead atoms. The maximum absolute atomic E-state index is 6.84. The number of hydrogen-bond acceptors (Lipinski definition) is 3. The average Bonchev–Trinajstić information content (AvgIpc) is 3.26. The van der Waals surface area contributed by atoms with E-state index in [1.54, 1.807) is 0 Å². The van der Waals surface area contributed by atoms with Crippen molar-refractivity contribution in [3.8, 4) is 44.9 Å². The van der Waals surface area contributed by atoms with Crippen molar-refractivity contribution >= 4 is 44.9 Å². The Kier molecular flexibility index (Phi) is 8.16. The molecule has 0 fully saturated rings. The van der Waals surface area contributed by atoms with Crippen molar-refractivity contribution in [3.05, 3.63) is 218 Å². The Hall–Kier alpha value is -7.36. The van der Waals surface area contributed by atoms with Crippen LogP contribution in [0.2, 0.25) is 0 Å². The molecular formula is C52H36N2O. The maximum Gasteiger partial charge on any atom is 0.138 e. The van der Waals surface area contributed by atoms with Crippen LogP contribution in [-0.4, -0.2) is 0 Å². The molecule has 0 amide bonds. The second-order valence-corrected chi connectivity index (χ2v) is 13.8. The smallest absolute Gasteiger partial charge is 0.138 e. The first-order valence-corrected chi connectivity index (χ1v) is 18.7. The Bertz CT molecular complexity index is 2630. The van der Waals surface area contributed by atoms with Gasteiger partial charge in [-0.1, -0.05) is 140 Å². The van der Waals surface area contributed by atoms with Crippen LogP contribution in [0.25, 0.3) is 44.2 Å². The van der Waals surface area contributed by atoms with Crippen molar-refractivity contribution < 1.29 is 4.74 Å². The number of ether oxygens (including phenoxy) is 1. The second-order valence-electron chi connectivity index (χ2n) is 13.8. The molecular weight excluding hydrogens is 669 g/mol. The zero-order valence-corrected chi connectivity index (χ0v) is 30.1. The van der Waals surface area contributed by atoms with Crippen LogP contribution in [-0.2, 0) is 0 Å². The summed E-state index contributed by atoms with van der Waals surface area (Å²) in [6.45, 7) is 0. The highest BCUT2D eigenvalue weighted by Gasteiger charge is 2.25. The lowest BCUT2D eigenvalue weighted by Gasteiger charge is -2.30. The zero-order valence-electron chi connectivity index (χ0n) is 30.1. The van der Waals surface area contributed by atoms with E-state index >= 15 is 0 Å². The van der Waals surface area contributed by atoms with Crippen molar-refractivity contribution in [2.45, 2.75) is 0 Å². The van der Waals surface area contributed by atoms with Crippen molar-refractivity contribution in [2.75, 3.05) is 9.80 Å². The number of hydrogen-bond donors (Lipinski definition) is 0. The monoisotopic (exact) mass is 704 g/mol. The minimum atomic E-state index is 0.839. The van der Waals surface area contributed by atoms with E-state index in [1.807, 2.05) is 0 Å². The highest BCUT2D eigenvalue weighted by Crippen LogP contribution is 2.51. The molecule has 1 aliphatic heterocycles. The summed E-state index contributed by atoms with van der Waals surface area (Å²) >= 11 is 0. The Morgan fingerprint density at radius 1 is 0.273 bits per heavy atom. The normalized spacial score (nSPS) is 11.4. The van der Waals surface area contributed by atoms with E-state index in [4.69, 9.17) is 4.74 Å². The lowest BCUT2D eigenvalue weighted by molar-refractivity contribution is 0.487. The average molecular weight is 705 g/mol. The minimum absolute atomic E-state index is 0.839. The Labute approximate surface area is 321 Å². The van der Waals surface area contributed by atoms with Crippen LogP contribution >= 0.6 is 0 Å². The quantitative estimate of drug-likeness (QED) is 0.157. The molecule has 0 spiro atoms. The lowest BCUT2D eigenvalue weighted by atomic mass is 9.93. The molecule has 0 saturated heterocycles. The number of anilines is 6. The van der Waals surface area contributed by atoms with E-state index in [0.29, 0.717) is 0 Å². The van der Waals surface area contributed by atoms with E-state index < -0.39 is 0 Å². The van der Waals surface area contributed by atoms with E-state index in [0.717, 1.165) is 67.5 Å². The molecule has 10 rings (SSSR count). The van der Waals surface area contributed by atoms with Gasteiger partial charge in [-0.25, -0.2) is 0 Å². The Morgan fingerprint density at radius 3 is 1.27 bits per heavy atom. The molecule has 0 atom stereocenters. The fourth-order valence-electron chi connectivity index (χ4n) is 7.80. The molecule has 9 aromatic carbocycles. The summed E-state index contributed by atoms with van der Waals surface area (Å²) in [6, 6.07) is 77.4. The predicted molar refractivity (Wildman–Crippen MR) is 230 cm³/mol. The van der Waals surface area contributed by atoms with Gasteiger partial charge in [0.15, 0.2) is 0 Å². The third kappa shape index (κ3) is 6.08. The number of fused-ring (bicyclic) bond motifs is 2. The van der Waals surface area contributed by atoms with Crippen LogP contribution in [0.3, 0.4) is 0 Å². The molecule has 3 nitrogen and oxygen atoms in total. The maximum atomic E-state index is 6.84. The van der Waals surface area contributed by atoms with Crippen molar-refractivity contribution in [1.29, 1.82) is 0 Å². The molecule has 0 aliphatic carbocycles. The van der Waals surface area contributed by atoms with Gasteiger partial charge in [0.25, 0.3) is 0 Å². The summed E-state index contributed by atoms with van der Waals surface area (Å²) in [4.78, 5) is 4.62. The number of rotatable bonds is 8. The van der Waals surface area contributed by atoms with Crippen molar-refractivity contribution in [2.24, 2.45) is 0 Å². The van der Waals surface area contributed by atoms with Gasteiger partial charge in [0.2, 0.25) is 0 Å². The van der Waals surface area contributed by atoms with Crippen LogP contribution in [0.15, 0.2) is 218 Å². The van der Waals surface area contributed by atoms with Gasteiger partial charge in [-0.2, -0.15) is 0 Å². The largest absolute Gasteiger partial charge is 0.456 e. The van der Waals surface area contributed by atoms with Gasteiger partial charge in [-0.05, 0) is 106 Å². The molecule has 0 N–H and O–H groups in total. The fourth-order valence-corrected chi connectivity index (χ4v) is 7.80. The number of nitrogens with zero attached hydrogens (tertiary/aromatic N) is 2. The summed E-state index contributed by atoms with van der Waals surface area (Å²) < 4.78 is 6.84. The molecule has 1 heterocycles. The SMILES string of the molecule is c1ccc(-c2ccc(N(c3ccc(-c4ccccc4)cc3)c3ccc4c(c3)-c3cccc5cc(N(c6ccccc6)c6ccccc6)cc(c35)O4)cc2)cc1. The third-order valence-electron chi connectivity index (χ3n) is 10.4. The zero-order chi connectivity index (χ0) is 36.6. The van der Waals surface area contributed by atoms with Crippen LogP contribution in [0, 0.1) is 0 Å². The van der Waals surface area contributed by atoms with Gasteiger partial charge in [-0.3, -0.25) is 0 Å². The summed E-state index contributed by atoms with van der Waals surface area (Å²) in [5.41, 5.74) is 13.4. The molecule has 0 unspecified atom stereocenters. The number of para-hydroxylation sites is 2. The Balaban J connectivity index is 1.08. The second kappa shape index (κ2) is 13.9. The summed E-state index contributed by atoms with van der Waals surface area (Å²) in [5.74, 6) is 1.69. The topological polar surface area (TPSA) is 15.7 Å². The first-order chi connectivity index (χ1) is 27.3. The highest BCUT2D eigenvalue weighted by atomic mass is 16.5. The van der Waals surface area contributed by atoms with Gasteiger partial charge in [-0.15, -0.1) is 0 Å². The lowest BCUT2D eigenvalue weighted by Crippen LogP contribution is -2.11. The molecule has 3 heteroatoms. The van der Waals surface area contributed by atoms with Crippen LogP contribution < -0.4 is 14.5 Å². The van der Waals surface area contributed by atoms with E-state index in [9.17, 15) is 0 Å². The van der Waals surface area contributed by atoms with Gasteiger partial charge >= 0.3 is 0 Å². The summed E-state index contributed by atoms with van der Waals surface area (Å²) in [5, 5.41) is 2.24. The Morgan fingerprint density at radius 2 is 0.727 bits per heavy atom. The van der Waals surface area contributed by atoms with Gasteiger partial charge < -0.3 is 14.5 Å². The van der Waals surface area contributed by atoms with Crippen molar-refractivity contribution in [3.63, 3.8) is 0 Å². The molecule has 0 aromatic heterocycles. The molecule has 9 aromatic rings. The van der Waals surface area contributed by atoms with Crippen LogP contribution in [0.1, 0.15) is 0 Å². The molecule has 260 valence electrons. The van der Waals surface area contributed by atoms with Crippen molar-refractivity contribution in [1.82, 2.24) is 0 Å². The van der Waals surface area contributed by atoms with Crippen LogP contribution in [0.5, 0.6) is 11.5 Å². The third-order valence-corrected chi connectivity index (χ3v) is 10.4. The first-order valence-electron chi connectivity index (χ1n) is 18.7. The van der Waals surface area contributed by atoms with Gasteiger partial charge in [0, 0.05) is 45.5 Å². The molecule has 0 radical (unpaired) electrons. The van der Waals surface area contributed by atoms with Crippen LogP contribution in [0.4, 0.5) is 34.1 Å². The van der Waals surface area contributed by atoms with Gasteiger partial charge in [0.05, 0.1) is 5.69 Å².